The number of fused-ring (bicyclic) bond motifs is 1. The van der Waals surface area contributed by atoms with Crippen LogP contribution in [0, 0.1) is 0 Å². The molecule has 2 fully saturated rings. The first-order chi connectivity index (χ1) is 14.9. The fourth-order valence-corrected chi connectivity index (χ4v) is 5.38. The first kappa shape index (κ1) is 20.2. The molecule has 2 saturated heterocycles. The second kappa shape index (κ2) is 7.75. The van der Waals surface area contributed by atoms with E-state index in [0.29, 0.717) is 30.7 Å². The highest BCUT2D eigenvalue weighted by Crippen LogP contribution is 2.33. The molecule has 0 radical (unpaired) electrons. The van der Waals surface area contributed by atoms with Crippen LogP contribution >= 0.6 is 0 Å². The van der Waals surface area contributed by atoms with Crippen LogP contribution in [0.1, 0.15) is 32.6 Å². The van der Waals surface area contributed by atoms with Gasteiger partial charge in [0.15, 0.2) is 11.5 Å². The second-order valence-corrected chi connectivity index (χ2v) is 10.4. The predicted molar refractivity (Wildman–Crippen MR) is 117 cm³/mol. The van der Waals surface area contributed by atoms with Gasteiger partial charge in [0.25, 0.3) is 0 Å². The van der Waals surface area contributed by atoms with E-state index in [1.54, 1.807) is 12.4 Å². The minimum absolute atomic E-state index is 0.130. The Balaban J connectivity index is 1.46. The van der Waals surface area contributed by atoms with Crippen LogP contribution in [-0.4, -0.2) is 80.5 Å². The van der Waals surface area contributed by atoms with Crippen LogP contribution in [0.3, 0.4) is 0 Å². The Kier molecular flexibility index (Phi) is 5.05. The summed E-state index contributed by atoms with van der Waals surface area (Å²) in [5, 5.41) is 15.1. The van der Waals surface area contributed by atoms with E-state index in [1.807, 2.05) is 10.7 Å². The molecule has 2 aliphatic rings. The highest BCUT2D eigenvalue weighted by atomic mass is 32.2. The van der Waals surface area contributed by atoms with E-state index < -0.39 is 10.0 Å². The summed E-state index contributed by atoms with van der Waals surface area (Å²) in [4.78, 5) is 11.7. The number of aromatic nitrogens is 6. The third kappa shape index (κ3) is 3.85. The summed E-state index contributed by atoms with van der Waals surface area (Å²) in [6.07, 6.45) is 10.3. The van der Waals surface area contributed by atoms with Crippen LogP contribution in [0.15, 0.2) is 18.6 Å². The second-order valence-electron chi connectivity index (χ2n) is 8.39. The molecule has 2 N–H and O–H groups in total. The minimum Gasteiger partial charge on any atom is -0.352 e. The summed E-state index contributed by atoms with van der Waals surface area (Å²) in [6, 6.07) is 0.518. The summed E-state index contributed by atoms with van der Waals surface area (Å²) >= 11 is 0. The van der Waals surface area contributed by atoms with E-state index in [0.717, 1.165) is 49.3 Å². The van der Waals surface area contributed by atoms with Gasteiger partial charge >= 0.3 is 0 Å². The molecule has 166 valence electrons. The minimum atomic E-state index is -3.14. The molecule has 31 heavy (non-hydrogen) atoms. The average Bonchev–Trinajstić information content (AvgIpc) is 3.47. The summed E-state index contributed by atoms with van der Waals surface area (Å²) in [5.41, 5.74) is 2.42. The fourth-order valence-electron chi connectivity index (χ4n) is 4.51. The Morgan fingerprint density at radius 3 is 2.61 bits per heavy atom. The third-order valence-corrected chi connectivity index (χ3v) is 7.51. The molecule has 0 bridgehead atoms. The molecule has 3 aromatic rings. The van der Waals surface area contributed by atoms with E-state index in [4.69, 9.17) is 10.1 Å². The molecule has 3 aromatic heterocycles. The molecule has 5 rings (SSSR count). The van der Waals surface area contributed by atoms with Crippen molar-refractivity contribution in [2.75, 3.05) is 36.1 Å². The smallest absolute Gasteiger partial charge is 0.243 e. The third-order valence-electron chi connectivity index (χ3n) is 6.21. The topological polar surface area (TPSA) is 124 Å². The van der Waals surface area contributed by atoms with Crippen molar-refractivity contribution >= 4 is 27.4 Å². The van der Waals surface area contributed by atoms with E-state index in [1.165, 1.54) is 10.6 Å². The van der Waals surface area contributed by atoms with E-state index in [2.05, 4.69) is 32.3 Å². The van der Waals surface area contributed by atoms with Gasteiger partial charge in [-0.15, -0.1) is 5.10 Å². The number of piperidine rings is 1. The zero-order valence-electron chi connectivity index (χ0n) is 17.7. The number of anilines is 2. The van der Waals surface area contributed by atoms with Gasteiger partial charge in [-0.2, -0.15) is 14.6 Å². The van der Waals surface area contributed by atoms with Gasteiger partial charge in [-0.05, 0) is 32.6 Å². The molecule has 0 aromatic carbocycles. The van der Waals surface area contributed by atoms with Gasteiger partial charge in [0, 0.05) is 43.5 Å². The van der Waals surface area contributed by atoms with E-state index in [9.17, 15) is 8.42 Å². The van der Waals surface area contributed by atoms with Crippen LogP contribution in [-0.2, 0) is 10.0 Å². The van der Waals surface area contributed by atoms with Crippen LogP contribution in [0.2, 0.25) is 0 Å². The summed E-state index contributed by atoms with van der Waals surface area (Å²) in [7, 11) is -3.14. The van der Waals surface area contributed by atoms with Crippen molar-refractivity contribution in [3.8, 4) is 11.3 Å². The Bertz CT molecular complexity index is 1170. The molecule has 0 spiro atoms. The molecule has 1 atom stereocenters. The quantitative estimate of drug-likeness (QED) is 0.603. The normalized spacial score (nSPS) is 21.2. The predicted octanol–water partition coefficient (Wildman–Crippen LogP) is 1.34. The van der Waals surface area contributed by atoms with Gasteiger partial charge in [-0.25, -0.2) is 17.7 Å². The van der Waals surface area contributed by atoms with Gasteiger partial charge in [0.05, 0.1) is 18.6 Å². The monoisotopic (exact) mass is 445 g/mol. The standard InChI is InChI=1S/C19H27N9O2S/c1-13-4-3-7-27(13)18-17(14-10-21-22-11-14)20-12-16-24-19(25-28(16)18)23-15-5-8-26(9-6-15)31(2,29)30/h10-13,15H,3-9H2,1-2H3,(H,21,22)(H,23,25). The fraction of sp³-hybridized carbons (Fsp3) is 0.579. The average molecular weight is 446 g/mol. The van der Waals surface area contributed by atoms with Crippen LogP contribution in [0.25, 0.3) is 16.9 Å². The number of nitrogens with zero attached hydrogens (tertiary/aromatic N) is 7. The SMILES string of the molecule is CC1CCCN1c1c(-c2cn[nH]c2)ncc2nc(NC3CCN(S(C)(=O)=O)CC3)nn12. The number of hydrogen-bond acceptors (Lipinski definition) is 8. The molecule has 1 unspecified atom stereocenters. The van der Waals surface area contributed by atoms with Crippen molar-refractivity contribution in [2.45, 2.75) is 44.7 Å². The number of nitrogens with one attached hydrogen (secondary N) is 2. The zero-order chi connectivity index (χ0) is 21.6. The van der Waals surface area contributed by atoms with Crippen molar-refractivity contribution in [1.29, 1.82) is 0 Å². The molecule has 0 saturated carbocycles. The molecule has 11 nitrogen and oxygen atoms in total. The number of sulfonamides is 1. The lowest BCUT2D eigenvalue weighted by Gasteiger charge is -2.30. The molecule has 0 aliphatic carbocycles. The molecule has 0 amide bonds. The maximum Gasteiger partial charge on any atom is 0.243 e. The Hall–Kier alpha value is -2.73. The molecule has 12 heteroatoms. The lowest BCUT2D eigenvalue weighted by molar-refractivity contribution is 0.331. The number of aromatic amines is 1. The summed E-state index contributed by atoms with van der Waals surface area (Å²) < 4.78 is 26.9. The molecule has 2 aliphatic heterocycles. The first-order valence-electron chi connectivity index (χ1n) is 10.6. The highest BCUT2D eigenvalue weighted by Gasteiger charge is 2.29. The van der Waals surface area contributed by atoms with Gasteiger partial charge < -0.3 is 10.2 Å². The zero-order valence-corrected chi connectivity index (χ0v) is 18.5. The van der Waals surface area contributed by atoms with E-state index >= 15 is 0 Å². The molecular formula is C19H27N9O2S. The van der Waals surface area contributed by atoms with Crippen molar-refractivity contribution in [1.82, 2.24) is 34.1 Å². The Morgan fingerprint density at radius 2 is 1.97 bits per heavy atom. The molecular weight excluding hydrogens is 418 g/mol. The summed E-state index contributed by atoms with van der Waals surface area (Å²) in [5.74, 6) is 1.47. The van der Waals surface area contributed by atoms with Crippen molar-refractivity contribution in [2.24, 2.45) is 0 Å². The van der Waals surface area contributed by atoms with Crippen LogP contribution < -0.4 is 10.2 Å². The van der Waals surface area contributed by atoms with E-state index in [-0.39, 0.29) is 6.04 Å². The van der Waals surface area contributed by atoms with Gasteiger partial charge in [-0.3, -0.25) is 5.10 Å². The maximum atomic E-state index is 11.7. The van der Waals surface area contributed by atoms with Gasteiger partial charge in [0.1, 0.15) is 5.69 Å². The number of hydrogen-bond donors (Lipinski definition) is 2. The number of rotatable bonds is 5. The van der Waals surface area contributed by atoms with Gasteiger partial charge in [-0.1, -0.05) is 0 Å². The highest BCUT2D eigenvalue weighted by molar-refractivity contribution is 7.88. The Morgan fingerprint density at radius 1 is 1.16 bits per heavy atom. The summed E-state index contributed by atoms with van der Waals surface area (Å²) in [6.45, 7) is 4.18. The first-order valence-corrected chi connectivity index (χ1v) is 12.5. The van der Waals surface area contributed by atoms with Crippen LogP contribution in [0.5, 0.6) is 0 Å². The van der Waals surface area contributed by atoms with Crippen LogP contribution in [0.4, 0.5) is 11.8 Å². The van der Waals surface area contributed by atoms with Crippen molar-refractivity contribution in [3.05, 3.63) is 18.6 Å². The lowest BCUT2D eigenvalue weighted by Crippen LogP contribution is -2.41. The Labute approximate surface area is 180 Å². The maximum absolute atomic E-state index is 11.7. The van der Waals surface area contributed by atoms with Gasteiger partial charge in [0.2, 0.25) is 16.0 Å². The number of H-pyrrole nitrogens is 1. The lowest BCUT2D eigenvalue weighted by atomic mass is 10.1. The van der Waals surface area contributed by atoms with Crippen molar-refractivity contribution in [3.63, 3.8) is 0 Å². The molecule has 5 heterocycles. The van der Waals surface area contributed by atoms with Crippen molar-refractivity contribution < 1.29 is 8.42 Å². The largest absolute Gasteiger partial charge is 0.352 e.